The fourth-order valence-corrected chi connectivity index (χ4v) is 2.21. The predicted molar refractivity (Wildman–Crippen MR) is 68.1 cm³/mol. The van der Waals surface area contributed by atoms with Crippen LogP contribution in [0.25, 0.3) is 10.9 Å². The second kappa shape index (κ2) is 4.47. The van der Waals surface area contributed by atoms with Gasteiger partial charge in [0, 0.05) is 29.6 Å². The van der Waals surface area contributed by atoms with E-state index in [9.17, 15) is 4.79 Å². The molecule has 0 bridgehead atoms. The van der Waals surface area contributed by atoms with E-state index in [1.54, 1.807) is 0 Å². The second-order valence-electron chi connectivity index (χ2n) is 4.40. The number of carbonyl (C=O) groups excluding carboxylic acids is 1. The van der Waals surface area contributed by atoms with E-state index < -0.39 is 12.0 Å². The fourth-order valence-electron chi connectivity index (χ4n) is 2.21. The molecule has 0 radical (unpaired) electrons. The van der Waals surface area contributed by atoms with Gasteiger partial charge in [0.05, 0.1) is 7.11 Å². The lowest BCUT2D eigenvalue weighted by atomic mass is 10.1. The SMILES string of the molecule is COC(=O)C(N)Cc1c[nH]c2cc3c(cc12)OCO3. The Morgan fingerprint density at radius 1 is 1.47 bits per heavy atom. The van der Waals surface area contributed by atoms with Crippen molar-refractivity contribution in [3.63, 3.8) is 0 Å². The molecule has 100 valence electrons. The Labute approximate surface area is 109 Å². The Morgan fingerprint density at radius 3 is 2.95 bits per heavy atom. The van der Waals surface area contributed by atoms with E-state index in [0.29, 0.717) is 12.2 Å². The zero-order valence-corrected chi connectivity index (χ0v) is 10.4. The molecular weight excluding hydrogens is 248 g/mol. The lowest BCUT2D eigenvalue weighted by molar-refractivity contribution is -0.142. The van der Waals surface area contributed by atoms with Gasteiger partial charge in [-0.1, -0.05) is 0 Å². The van der Waals surface area contributed by atoms with E-state index >= 15 is 0 Å². The van der Waals surface area contributed by atoms with Crippen molar-refractivity contribution < 1.29 is 19.0 Å². The molecule has 6 nitrogen and oxygen atoms in total. The lowest BCUT2D eigenvalue weighted by Gasteiger charge is -2.08. The molecular formula is C13H14N2O4. The summed E-state index contributed by atoms with van der Waals surface area (Å²) in [7, 11) is 1.33. The summed E-state index contributed by atoms with van der Waals surface area (Å²) in [5, 5.41) is 0.976. The highest BCUT2D eigenvalue weighted by Crippen LogP contribution is 2.37. The number of esters is 1. The van der Waals surface area contributed by atoms with Gasteiger partial charge in [0.1, 0.15) is 6.04 Å². The van der Waals surface area contributed by atoms with Crippen LogP contribution in [0.3, 0.4) is 0 Å². The summed E-state index contributed by atoms with van der Waals surface area (Å²) in [6, 6.07) is 3.10. The first-order valence-corrected chi connectivity index (χ1v) is 5.92. The first-order valence-electron chi connectivity index (χ1n) is 5.92. The average molecular weight is 262 g/mol. The molecule has 0 fully saturated rings. The predicted octanol–water partition coefficient (Wildman–Crippen LogP) is 0.939. The summed E-state index contributed by atoms with van der Waals surface area (Å²) < 4.78 is 15.3. The number of ether oxygens (including phenoxy) is 3. The van der Waals surface area contributed by atoms with Crippen LogP contribution >= 0.6 is 0 Å². The minimum absolute atomic E-state index is 0.235. The van der Waals surface area contributed by atoms with Crippen molar-refractivity contribution >= 4 is 16.9 Å². The minimum Gasteiger partial charge on any atom is -0.468 e. The molecule has 1 aliphatic rings. The number of methoxy groups -OCH3 is 1. The van der Waals surface area contributed by atoms with Gasteiger partial charge < -0.3 is 24.9 Å². The van der Waals surface area contributed by atoms with E-state index in [1.165, 1.54) is 7.11 Å². The average Bonchev–Trinajstić information content (AvgIpc) is 3.02. The molecule has 19 heavy (non-hydrogen) atoms. The summed E-state index contributed by atoms with van der Waals surface area (Å²) in [6.07, 6.45) is 2.24. The summed E-state index contributed by atoms with van der Waals surface area (Å²) in [6.45, 7) is 0.235. The van der Waals surface area contributed by atoms with E-state index in [0.717, 1.165) is 22.2 Å². The molecule has 0 saturated carbocycles. The number of rotatable bonds is 3. The third-order valence-electron chi connectivity index (χ3n) is 3.20. The summed E-state index contributed by atoms with van der Waals surface area (Å²) in [5.41, 5.74) is 7.66. The molecule has 3 N–H and O–H groups in total. The van der Waals surface area contributed by atoms with Crippen LogP contribution < -0.4 is 15.2 Å². The van der Waals surface area contributed by atoms with E-state index in [4.69, 9.17) is 15.2 Å². The maximum absolute atomic E-state index is 11.4. The fraction of sp³-hybridized carbons (Fsp3) is 0.308. The van der Waals surface area contributed by atoms with Gasteiger partial charge in [-0.05, 0) is 11.6 Å². The normalized spacial score (nSPS) is 14.6. The lowest BCUT2D eigenvalue weighted by Crippen LogP contribution is -2.33. The van der Waals surface area contributed by atoms with Gasteiger partial charge in [0.2, 0.25) is 6.79 Å². The maximum Gasteiger partial charge on any atom is 0.322 e. The van der Waals surface area contributed by atoms with E-state index in [-0.39, 0.29) is 6.79 Å². The van der Waals surface area contributed by atoms with Gasteiger partial charge >= 0.3 is 5.97 Å². The summed E-state index contributed by atoms with van der Waals surface area (Å²) >= 11 is 0. The van der Waals surface area contributed by atoms with Crippen LogP contribution in [-0.4, -0.2) is 30.9 Å². The van der Waals surface area contributed by atoms with Crippen LogP contribution in [0.15, 0.2) is 18.3 Å². The number of benzene rings is 1. The molecule has 1 atom stereocenters. The minimum atomic E-state index is -0.672. The Hall–Kier alpha value is -2.21. The molecule has 2 aromatic rings. The molecule has 6 heteroatoms. The van der Waals surface area contributed by atoms with Crippen LogP contribution in [-0.2, 0) is 16.0 Å². The number of nitrogens with two attached hydrogens (primary N) is 1. The third-order valence-corrected chi connectivity index (χ3v) is 3.20. The van der Waals surface area contributed by atoms with Crippen molar-refractivity contribution in [2.75, 3.05) is 13.9 Å². The summed E-state index contributed by atoms with van der Waals surface area (Å²) in [4.78, 5) is 14.5. The number of fused-ring (bicyclic) bond motifs is 2. The van der Waals surface area contributed by atoms with Gasteiger partial charge in [-0.3, -0.25) is 4.79 Å². The summed E-state index contributed by atoms with van der Waals surface area (Å²) in [5.74, 6) is 1.01. The highest BCUT2D eigenvalue weighted by Gasteiger charge is 2.19. The third kappa shape index (κ3) is 2.00. The number of nitrogens with one attached hydrogen (secondary N) is 1. The molecule has 0 amide bonds. The largest absolute Gasteiger partial charge is 0.468 e. The number of H-pyrrole nitrogens is 1. The standard InChI is InChI=1S/C13H14N2O4/c1-17-13(16)9(14)2-7-5-15-10-4-12-11(3-8(7)10)18-6-19-12/h3-5,9,15H,2,6,14H2,1H3. The molecule has 2 heterocycles. The molecule has 0 saturated heterocycles. The monoisotopic (exact) mass is 262 g/mol. The first-order chi connectivity index (χ1) is 9.19. The number of aromatic nitrogens is 1. The Balaban J connectivity index is 1.94. The Morgan fingerprint density at radius 2 is 2.21 bits per heavy atom. The number of aromatic amines is 1. The van der Waals surface area contributed by atoms with Gasteiger partial charge in [-0.15, -0.1) is 0 Å². The molecule has 0 spiro atoms. The zero-order chi connectivity index (χ0) is 13.4. The van der Waals surface area contributed by atoms with Crippen LogP contribution in [0.5, 0.6) is 11.5 Å². The molecule has 1 unspecified atom stereocenters. The van der Waals surface area contributed by atoms with Crippen molar-refractivity contribution in [1.29, 1.82) is 0 Å². The molecule has 3 rings (SSSR count). The van der Waals surface area contributed by atoms with Gasteiger partial charge in [-0.2, -0.15) is 0 Å². The molecule has 1 aromatic carbocycles. The van der Waals surface area contributed by atoms with Gasteiger partial charge in [0.25, 0.3) is 0 Å². The van der Waals surface area contributed by atoms with E-state index in [2.05, 4.69) is 9.72 Å². The highest BCUT2D eigenvalue weighted by molar-refractivity contribution is 5.87. The zero-order valence-electron chi connectivity index (χ0n) is 10.4. The van der Waals surface area contributed by atoms with Gasteiger partial charge in [-0.25, -0.2) is 0 Å². The quantitative estimate of drug-likeness (QED) is 0.804. The Bertz CT molecular complexity index is 635. The topological polar surface area (TPSA) is 86.6 Å². The van der Waals surface area contributed by atoms with Crippen molar-refractivity contribution in [3.8, 4) is 11.5 Å². The van der Waals surface area contributed by atoms with Crippen molar-refractivity contribution in [2.24, 2.45) is 5.73 Å². The van der Waals surface area contributed by atoms with Crippen LogP contribution in [0.2, 0.25) is 0 Å². The van der Waals surface area contributed by atoms with E-state index in [1.807, 2.05) is 18.3 Å². The molecule has 1 aliphatic heterocycles. The van der Waals surface area contributed by atoms with Crippen molar-refractivity contribution in [1.82, 2.24) is 4.98 Å². The van der Waals surface area contributed by atoms with Crippen molar-refractivity contribution in [3.05, 3.63) is 23.9 Å². The van der Waals surface area contributed by atoms with Crippen molar-refractivity contribution in [2.45, 2.75) is 12.5 Å². The number of hydrogen-bond donors (Lipinski definition) is 2. The number of hydrogen-bond acceptors (Lipinski definition) is 5. The Kier molecular flexibility index (Phi) is 2.79. The number of carbonyl (C=O) groups is 1. The van der Waals surface area contributed by atoms with Crippen LogP contribution in [0.4, 0.5) is 0 Å². The second-order valence-corrected chi connectivity index (χ2v) is 4.40. The smallest absolute Gasteiger partial charge is 0.322 e. The first kappa shape index (κ1) is 11.9. The van der Waals surface area contributed by atoms with Crippen LogP contribution in [0.1, 0.15) is 5.56 Å². The van der Waals surface area contributed by atoms with Crippen LogP contribution in [0, 0.1) is 0 Å². The molecule has 0 aliphatic carbocycles. The highest BCUT2D eigenvalue weighted by atomic mass is 16.7. The maximum atomic E-state index is 11.4. The van der Waals surface area contributed by atoms with Gasteiger partial charge in [0.15, 0.2) is 11.5 Å². The molecule has 1 aromatic heterocycles.